The van der Waals surface area contributed by atoms with Crippen LogP contribution in [0.4, 0.5) is 15.8 Å². The number of nitrogens with one attached hydrogen (secondary N) is 1. The summed E-state index contributed by atoms with van der Waals surface area (Å²) in [6, 6.07) is 9.42. The van der Waals surface area contributed by atoms with Gasteiger partial charge in [-0.15, -0.1) is 11.8 Å². The van der Waals surface area contributed by atoms with E-state index < -0.39 is 5.82 Å². The summed E-state index contributed by atoms with van der Waals surface area (Å²) in [5.41, 5.74) is 7.86. The molecule has 6 heteroatoms. The Hall–Kier alpha value is -1.72. The predicted octanol–water partition coefficient (Wildman–Crippen LogP) is 4.10. The fraction of sp³-hybridized carbons (Fsp3) is 0.133. The predicted molar refractivity (Wildman–Crippen MR) is 86.4 cm³/mol. The fourth-order valence-electron chi connectivity index (χ4n) is 1.71. The molecule has 0 aromatic heterocycles. The van der Waals surface area contributed by atoms with Crippen molar-refractivity contribution in [1.82, 2.24) is 0 Å². The monoisotopic (exact) mass is 324 g/mol. The van der Waals surface area contributed by atoms with E-state index in [0.717, 1.165) is 16.5 Å². The largest absolute Gasteiger partial charge is 0.398 e. The minimum Gasteiger partial charge on any atom is -0.398 e. The summed E-state index contributed by atoms with van der Waals surface area (Å²) in [6.07, 6.45) is 0. The Bertz CT molecular complexity index is 679. The molecular weight excluding hydrogens is 311 g/mol. The second kappa shape index (κ2) is 6.83. The van der Waals surface area contributed by atoms with Crippen molar-refractivity contribution in [2.75, 3.05) is 16.8 Å². The second-order valence-electron chi connectivity index (χ2n) is 4.43. The quantitative estimate of drug-likeness (QED) is 0.657. The SMILES string of the molecule is Cc1c(N)cccc1SCC(=O)Nc1ccc(F)cc1Cl. The molecule has 3 N–H and O–H groups in total. The number of nitrogen functional groups attached to an aromatic ring is 1. The highest BCUT2D eigenvalue weighted by atomic mass is 35.5. The molecule has 0 bridgehead atoms. The zero-order valence-electron chi connectivity index (χ0n) is 11.3. The highest BCUT2D eigenvalue weighted by Gasteiger charge is 2.09. The van der Waals surface area contributed by atoms with E-state index in [0.29, 0.717) is 11.4 Å². The number of amides is 1. The number of thioether (sulfide) groups is 1. The van der Waals surface area contributed by atoms with Gasteiger partial charge in [0.1, 0.15) is 5.82 Å². The number of benzene rings is 2. The van der Waals surface area contributed by atoms with Gasteiger partial charge in [-0.25, -0.2) is 4.39 Å². The second-order valence-corrected chi connectivity index (χ2v) is 5.86. The molecule has 2 rings (SSSR count). The molecule has 0 fully saturated rings. The molecule has 3 nitrogen and oxygen atoms in total. The van der Waals surface area contributed by atoms with Crippen LogP contribution in [0.15, 0.2) is 41.3 Å². The van der Waals surface area contributed by atoms with E-state index in [1.54, 1.807) is 0 Å². The Morgan fingerprint density at radius 2 is 2.14 bits per heavy atom. The van der Waals surface area contributed by atoms with Gasteiger partial charge in [0.05, 0.1) is 16.5 Å². The Morgan fingerprint density at radius 1 is 1.38 bits per heavy atom. The van der Waals surface area contributed by atoms with Crippen LogP contribution >= 0.6 is 23.4 Å². The maximum absolute atomic E-state index is 12.9. The van der Waals surface area contributed by atoms with Crippen molar-refractivity contribution in [3.63, 3.8) is 0 Å². The number of hydrogen-bond acceptors (Lipinski definition) is 3. The van der Waals surface area contributed by atoms with E-state index in [1.165, 1.54) is 23.9 Å². The van der Waals surface area contributed by atoms with Crippen LogP contribution in [0, 0.1) is 12.7 Å². The fourth-order valence-corrected chi connectivity index (χ4v) is 2.79. The first kappa shape index (κ1) is 15.7. The molecular formula is C15H14ClFN2OS. The van der Waals surface area contributed by atoms with Crippen LogP contribution < -0.4 is 11.1 Å². The molecule has 21 heavy (non-hydrogen) atoms. The number of anilines is 2. The zero-order chi connectivity index (χ0) is 15.4. The van der Waals surface area contributed by atoms with Gasteiger partial charge in [-0.2, -0.15) is 0 Å². The van der Waals surface area contributed by atoms with Crippen LogP contribution in [-0.2, 0) is 4.79 Å². The van der Waals surface area contributed by atoms with Crippen LogP contribution in [-0.4, -0.2) is 11.7 Å². The lowest BCUT2D eigenvalue weighted by Gasteiger charge is -2.09. The standard InChI is InChI=1S/C15H14ClFN2OS/c1-9-12(18)3-2-4-14(9)21-8-15(20)19-13-6-5-10(17)7-11(13)16/h2-7H,8,18H2,1H3,(H,19,20). The minimum absolute atomic E-state index is 0.175. The molecule has 0 unspecified atom stereocenters. The molecule has 0 atom stereocenters. The average molecular weight is 325 g/mol. The average Bonchev–Trinajstić information content (AvgIpc) is 2.43. The third-order valence-corrected chi connectivity index (χ3v) is 4.36. The minimum atomic E-state index is -0.442. The molecule has 2 aromatic rings. The number of carbonyl (C=O) groups excluding carboxylic acids is 1. The van der Waals surface area contributed by atoms with E-state index in [9.17, 15) is 9.18 Å². The van der Waals surface area contributed by atoms with Gasteiger partial charge in [-0.05, 0) is 42.8 Å². The van der Waals surface area contributed by atoms with Crippen molar-refractivity contribution in [3.05, 3.63) is 52.8 Å². The Morgan fingerprint density at radius 3 is 2.86 bits per heavy atom. The maximum atomic E-state index is 12.9. The lowest BCUT2D eigenvalue weighted by Crippen LogP contribution is -2.14. The van der Waals surface area contributed by atoms with Gasteiger partial charge in [0.25, 0.3) is 0 Å². The Labute approximate surface area is 131 Å². The third-order valence-electron chi connectivity index (χ3n) is 2.89. The van der Waals surface area contributed by atoms with Crippen LogP contribution in [0.1, 0.15) is 5.56 Å². The highest BCUT2D eigenvalue weighted by Crippen LogP contribution is 2.27. The number of nitrogens with two attached hydrogens (primary N) is 1. The summed E-state index contributed by atoms with van der Waals surface area (Å²) in [5, 5.41) is 2.83. The van der Waals surface area contributed by atoms with Gasteiger partial charge in [-0.3, -0.25) is 4.79 Å². The molecule has 0 aliphatic rings. The lowest BCUT2D eigenvalue weighted by atomic mass is 10.2. The Kier molecular flexibility index (Phi) is 5.09. The van der Waals surface area contributed by atoms with Gasteiger partial charge in [0.15, 0.2) is 0 Å². The van der Waals surface area contributed by atoms with E-state index >= 15 is 0 Å². The molecule has 0 heterocycles. The van der Waals surface area contributed by atoms with Crippen molar-refractivity contribution in [2.24, 2.45) is 0 Å². The van der Waals surface area contributed by atoms with Crippen LogP contribution in [0.3, 0.4) is 0 Å². The van der Waals surface area contributed by atoms with Crippen LogP contribution in [0.2, 0.25) is 5.02 Å². The first-order chi connectivity index (χ1) is 9.97. The van der Waals surface area contributed by atoms with Gasteiger partial charge >= 0.3 is 0 Å². The summed E-state index contributed by atoms with van der Waals surface area (Å²) in [4.78, 5) is 12.9. The molecule has 0 saturated heterocycles. The van der Waals surface area contributed by atoms with Crippen molar-refractivity contribution in [2.45, 2.75) is 11.8 Å². The van der Waals surface area contributed by atoms with E-state index in [4.69, 9.17) is 17.3 Å². The number of rotatable bonds is 4. The van der Waals surface area contributed by atoms with Crippen molar-refractivity contribution in [1.29, 1.82) is 0 Å². The zero-order valence-corrected chi connectivity index (χ0v) is 12.9. The molecule has 0 saturated carbocycles. The summed E-state index contributed by atoms with van der Waals surface area (Å²) >= 11 is 7.25. The molecule has 0 radical (unpaired) electrons. The molecule has 1 amide bonds. The summed E-state index contributed by atoms with van der Waals surface area (Å²) in [7, 11) is 0. The molecule has 2 aromatic carbocycles. The van der Waals surface area contributed by atoms with Crippen LogP contribution in [0.25, 0.3) is 0 Å². The van der Waals surface area contributed by atoms with E-state index in [1.807, 2.05) is 25.1 Å². The molecule has 0 aliphatic carbocycles. The molecule has 0 spiro atoms. The first-order valence-corrected chi connectivity index (χ1v) is 7.56. The van der Waals surface area contributed by atoms with E-state index in [-0.39, 0.29) is 16.7 Å². The molecule has 0 aliphatic heterocycles. The van der Waals surface area contributed by atoms with Crippen LogP contribution in [0.5, 0.6) is 0 Å². The summed E-state index contributed by atoms with van der Waals surface area (Å²) in [5.74, 6) is -0.434. The smallest absolute Gasteiger partial charge is 0.234 e. The maximum Gasteiger partial charge on any atom is 0.234 e. The van der Waals surface area contributed by atoms with Gasteiger partial charge in [0, 0.05) is 10.6 Å². The number of carbonyl (C=O) groups is 1. The first-order valence-electron chi connectivity index (χ1n) is 6.20. The third kappa shape index (κ3) is 4.12. The van der Waals surface area contributed by atoms with Gasteiger partial charge in [0.2, 0.25) is 5.91 Å². The Balaban J connectivity index is 1.97. The lowest BCUT2D eigenvalue weighted by molar-refractivity contribution is -0.113. The van der Waals surface area contributed by atoms with Gasteiger partial charge < -0.3 is 11.1 Å². The molecule has 110 valence electrons. The van der Waals surface area contributed by atoms with E-state index in [2.05, 4.69) is 5.32 Å². The van der Waals surface area contributed by atoms with Crippen molar-refractivity contribution < 1.29 is 9.18 Å². The number of halogens is 2. The topological polar surface area (TPSA) is 55.1 Å². The highest BCUT2D eigenvalue weighted by molar-refractivity contribution is 8.00. The normalized spacial score (nSPS) is 10.4. The summed E-state index contributed by atoms with van der Waals surface area (Å²) < 4.78 is 12.9. The summed E-state index contributed by atoms with van der Waals surface area (Å²) in [6.45, 7) is 1.91. The van der Waals surface area contributed by atoms with Crippen molar-refractivity contribution >= 4 is 40.6 Å². The van der Waals surface area contributed by atoms with Gasteiger partial charge in [-0.1, -0.05) is 17.7 Å². The van der Waals surface area contributed by atoms with Crippen molar-refractivity contribution in [3.8, 4) is 0 Å². The number of hydrogen-bond donors (Lipinski definition) is 2.